The molecule has 10 aliphatic heterocycles. The number of hydrogen-bond donors (Lipinski definition) is 0. The number of fused-ring (bicyclic) bond motifs is 10. The predicted molar refractivity (Wildman–Crippen MR) is 303 cm³/mol. The van der Waals surface area contributed by atoms with Gasteiger partial charge in [0.2, 0.25) is 0 Å². The van der Waals surface area contributed by atoms with Crippen LogP contribution in [0.4, 0.5) is 0 Å². The summed E-state index contributed by atoms with van der Waals surface area (Å²) >= 11 is 0. The molecule has 0 amide bonds. The summed E-state index contributed by atoms with van der Waals surface area (Å²) in [7, 11) is -5.96. The second kappa shape index (κ2) is 11.5. The molecule has 0 N–H and O–H groups in total. The fraction of sp³-hybridized carbons (Fsp3) is 0.636. The van der Waals surface area contributed by atoms with Gasteiger partial charge in [-0.25, -0.2) is 0 Å². The van der Waals surface area contributed by atoms with Crippen LogP contribution in [0, 0.1) is 0 Å². The standard InChI is InChI=1S/C61H87P2.C5H5.Ti/c1-9-17-30-48-34-25-42-56(52(48)38-21-13-5)62(57-43-26-35-49(31-18-10-2)53(57)39-22-14-6)60-46-29-47-61(60)63(58-44-27-36-50(32-19-11-3)54(58)40-23-15-7)59-45-28-37-51(33-20-12-4)55(59)41-24-16-8;1-2-4-5-3-1;/h25-29,34-37,42-47H,9-24,30-33,38-41H2,1-8H3;1-5H;. The van der Waals surface area contributed by atoms with Crippen molar-refractivity contribution in [2.24, 2.45) is 0 Å². The molecule has 14 rings (SSSR count). The molecular weight excluding hydrogens is 903 g/mol. The van der Waals surface area contributed by atoms with Crippen molar-refractivity contribution in [2.45, 2.75) is 250 Å². The summed E-state index contributed by atoms with van der Waals surface area (Å²) in [4.78, 5) is 0. The van der Waals surface area contributed by atoms with Crippen LogP contribution in [0.1, 0.15) is 203 Å². The summed E-state index contributed by atoms with van der Waals surface area (Å²) in [5.74, 6) is 0. The Balaban J connectivity index is 1.09. The van der Waals surface area contributed by atoms with E-state index in [1.165, 1.54) is 188 Å². The molecule has 4 atom stereocenters. The first-order valence-electron chi connectivity index (χ1n) is 30.8. The molecule has 4 unspecified atom stereocenters. The summed E-state index contributed by atoms with van der Waals surface area (Å²) in [5, 5.41) is 7.88. The fourth-order valence-corrected chi connectivity index (χ4v) is 199. The molecule has 1 spiro atoms. The minimum absolute atomic E-state index is 0.515. The molecule has 0 nitrogen and oxygen atoms in total. The van der Waals surface area contributed by atoms with E-state index in [0.717, 1.165) is 0 Å². The molecule has 10 saturated heterocycles. The molecular formula is C66H92P2Ti. The van der Waals surface area contributed by atoms with Crippen LogP contribution in [0.25, 0.3) is 0 Å². The average molecular weight is 995 g/mol. The maximum atomic E-state index is 2.87. The quantitative estimate of drug-likeness (QED) is 0.0361. The van der Waals surface area contributed by atoms with E-state index in [4.69, 9.17) is 0 Å². The third kappa shape index (κ3) is 2.37. The molecule has 0 bridgehead atoms. The maximum absolute atomic E-state index is 4.93. The Morgan fingerprint density at radius 3 is 0.754 bits per heavy atom. The van der Waals surface area contributed by atoms with E-state index in [9.17, 15) is 0 Å². The van der Waals surface area contributed by atoms with Gasteiger partial charge in [-0.15, -0.1) is 0 Å². The topological polar surface area (TPSA) is 0 Å². The van der Waals surface area contributed by atoms with Crippen molar-refractivity contribution in [1.82, 2.24) is 0 Å². The second-order valence-electron chi connectivity index (χ2n) is 29.9. The van der Waals surface area contributed by atoms with Crippen molar-refractivity contribution in [3.63, 3.8) is 0 Å². The number of aryl methyl sites for hydroxylation is 4. The average Bonchev–Trinajstić information content (AvgIpc) is 4.33. The Bertz CT molecular complexity index is 2720. The first kappa shape index (κ1) is 46.0. The van der Waals surface area contributed by atoms with Gasteiger partial charge in [-0.2, -0.15) is 0 Å². The van der Waals surface area contributed by atoms with Crippen LogP contribution in [0.3, 0.4) is 0 Å². The fourth-order valence-electron chi connectivity index (χ4n) is 34.8. The Hall–Kier alpha value is -1.55. The van der Waals surface area contributed by atoms with Crippen molar-refractivity contribution in [1.29, 1.82) is 0 Å². The van der Waals surface area contributed by atoms with Crippen LogP contribution < -0.4 is 21.2 Å². The number of unbranched alkanes of at least 4 members (excludes halogenated alkanes) is 8. The summed E-state index contributed by atoms with van der Waals surface area (Å²) in [5.41, 5.74) is 14.6. The van der Waals surface area contributed by atoms with Gasteiger partial charge in [0, 0.05) is 0 Å². The Morgan fingerprint density at radius 1 is 0.319 bits per heavy atom. The number of benzene rings is 4. The van der Waals surface area contributed by atoms with Crippen LogP contribution in [-0.4, -0.2) is 6.92 Å². The first-order valence-corrected chi connectivity index (χ1v) is 42.2. The normalized spacial score (nSPS) is 39.5. The van der Waals surface area contributed by atoms with Crippen molar-refractivity contribution in [3.05, 3.63) is 117 Å². The summed E-state index contributed by atoms with van der Waals surface area (Å²) in [6.07, 6.45) is 31.4. The van der Waals surface area contributed by atoms with E-state index in [0.29, 0.717) is 6.92 Å². The summed E-state index contributed by atoms with van der Waals surface area (Å²) in [6, 6.07) is 32.6. The van der Waals surface area contributed by atoms with E-state index < -0.39 is 24.7 Å². The Kier molecular flexibility index (Phi) is 7.66. The molecule has 10 fully saturated rings. The van der Waals surface area contributed by atoms with Crippen LogP contribution in [0.15, 0.2) is 72.8 Å². The van der Waals surface area contributed by atoms with Gasteiger partial charge in [0.15, 0.2) is 0 Å². The Morgan fingerprint density at radius 2 is 0.551 bits per heavy atom. The number of hydrogen-bond acceptors (Lipinski definition) is 0. The minimum atomic E-state index is -4.93. The Labute approximate surface area is 410 Å². The van der Waals surface area contributed by atoms with E-state index in [1.54, 1.807) is 22.3 Å². The SMILES string of the molecule is CCCCc1cccc(P(c2cccc(CCCC)c2CCCC)[C]23[CH]4[CH]5[CH]6[C]2(P(c2cccc(CCCC)c2CCCC)c2cccc(CCCC)c2CCCC)[Ti]54632789[CH]3[CH]2[CH]7[CH]8[CH]39)c1CCCC. The predicted octanol–water partition coefficient (Wildman–Crippen LogP) is 18.2. The molecule has 69 heavy (non-hydrogen) atoms. The van der Waals surface area contributed by atoms with E-state index in [-0.39, 0.29) is 0 Å². The van der Waals surface area contributed by atoms with Crippen LogP contribution in [0.2, 0.25) is 33.8 Å². The molecule has 370 valence electrons. The van der Waals surface area contributed by atoms with Gasteiger partial charge >= 0.3 is 413 Å². The summed E-state index contributed by atoms with van der Waals surface area (Å²) < 4.78 is 11.4. The molecule has 4 aromatic carbocycles. The zero-order chi connectivity index (χ0) is 47.5. The molecule has 0 saturated carbocycles. The summed E-state index contributed by atoms with van der Waals surface area (Å²) in [6.45, 7) is 19.6. The second-order valence-corrected chi connectivity index (χ2v) is 68.7. The van der Waals surface area contributed by atoms with E-state index in [2.05, 4.69) is 128 Å². The molecule has 0 aromatic heterocycles. The molecule has 4 aromatic rings. The van der Waals surface area contributed by atoms with Gasteiger partial charge in [-0.3, -0.25) is 0 Å². The van der Waals surface area contributed by atoms with E-state index >= 15 is 0 Å². The molecule has 3 heteroatoms. The molecule has 10 aliphatic rings. The van der Waals surface area contributed by atoms with Crippen LogP contribution >= 0.6 is 15.8 Å². The molecule has 0 radical (unpaired) electrons. The van der Waals surface area contributed by atoms with Gasteiger partial charge in [0.25, 0.3) is 0 Å². The van der Waals surface area contributed by atoms with Crippen molar-refractivity contribution in [2.75, 3.05) is 0 Å². The van der Waals surface area contributed by atoms with Gasteiger partial charge in [-0.05, 0) is 0 Å². The molecule has 10 heterocycles. The van der Waals surface area contributed by atoms with Gasteiger partial charge in [0.05, 0.1) is 0 Å². The van der Waals surface area contributed by atoms with Crippen molar-refractivity contribution in [3.8, 4) is 0 Å². The zero-order valence-corrected chi connectivity index (χ0v) is 48.3. The van der Waals surface area contributed by atoms with Crippen molar-refractivity contribution < 1.29 is 8.89 Å². The monoisotopic (exact) mass is 995 g/mol. The third-order valence-electron chi connectivity index (χ3n) is 33.2. The van der Waals surface area contributed by atoms with Crippen LogP contribution in [0.5, 0.6) is 0 Å². The number of rotatable bonds is 30. The van der Waals surface area contributed by atoms with Gasteiger partial charge in [-0.1, -0.05) is 0 Å². The molecule has 0 aliphatic carbocycles. The van der Waals surface area contributed by atoms with Crippen molar-refractivity contribution >= 4 is 37.1 Å². The first-order chi connectivity index (χ1) is 33.7. The third-order valence-corrected chi connectivity index (χ3v) is 112. The van der Waals surface area contributed by atoms with E-state index in [1.807, 2.05) is 43.5 Å². The van der Waals surface area contributed by atoms with Gasteiger partial charge in [0.1, 0.15) is 0 Å². The van der Waals surface area contributed by atoms with Gasteiger partial charge < -0.3 is 0 Å². The van der Waals surface area contributed by atoms with Crippen LogP contribution in [-0.2, 0) is 60.3 Å². The zero-order valence-electron chi connectivity index (χ0n) is 44.9.